The van der Waals surface area contributed by atoms with Crippen LogP contribution in [0.3, 0.4) is 0 Å². The molecule has 2 heterocycles. The van der Waals surface area contributed by atoms with Crippen LogP contribution in [-0.4, -0.2) is 103 Å². The minimum Gasteiger partial charge on any atom is -0.497 e. The monoisotopic (exact) mass is 814 g/mol. The summed E-state index contributed by atoms with van der Waals surface area (Å²) in [4.78, 5) is 25.8. The number of aromatic nitrogens is 4. The number of hydrogen-bond acceptors (Lipinski definition) is 13. The molecular formula is C44H58N6O9. The van der Waals surface area contributed by atoms with Crippen LogP contribution >= 0.6 is 0 Å². The Labute approximate surface area is 346 Å². The van der Waals surface area contributed by atoms with E-state index in [9.17, 15) is 9.90 Å². The van der Waals surface area contributed by atoms with Crippen LogP contribution in [0.5, 0.6) is 34.8 Å². The second-order valence-electron chi connectivity index (χ2n) is 15.0. The molecule has 0 radical (unpaired) electrons. The Morgan fingerprint density at radius 2 is 1.46 bits per heavy atom. The van der Waals surface area contributed by atoms with Crippen molar-refractivity contribution >= 4 is 17.6 Å². The summed E-state index contributed by atoms with van der Waals surface area (Å²) in [5.41, 5.74) is 3.53. The van der Waals surface area contributed by atoms with Crippen LogP contribution in [-0.2, 0) is 24.2 Å². The van der Waals surface area contributed by atoms with Crippen LogP contribution in [0.15, 0.2) is 66.9 Å². The van der Waals surface area contributed by atoms with Crippen molar-refractivity contribution in [1.82, 2.24) is 24.5 Å². The summed E-state index contributed by atoms with van der Waals surface area (Å²) < 4.78 is 42.2. The average molecular weight is 815 g/mol. The molecule has 2 aromatic heterocycles. The Hall–Kier alpha value is -5.96. The molecule has 0 saturated heterocycles. The van der Waals surface area contributed by atoms with E-state index in [-0.39, 0.29) is 18.7 Å². The van der Waals surface area contributed by atoms with Gasteiger partial charge in [-0.05, 0) is 69.2 Å². The van der Waals surface area contributed by atoms with Gasteiger partial charge in [0.25, 0.3) is 0 Å². The maximum atomic E-state index is 12.3. The normalized spacial score (nSPS) is 11.8. The molecule has 3 aromatic carbocycles. The molecule has 318 valence electrons. The van der Waals surface area contributed by atoms with Crippen LogP contribution < -0.4 is 33.3 Å². The number of benzene rings is 3. The third kappa shape index (κ3) is 12.0. The van der Waals surface area contributed by atoms with E-state index in [0.717, 1.165) is 35.2 Å². The maximum absolute atomic E-state index is 12.3. The lowest BCUT2D eigenvalue weighted by molar-refractivity contribution is 0.0278. The topological polar surface area (TPSA) is 151 Å². The van der Waals surface area contributed by atoms with Crippen molar-refractivity contribution in [1.29, 1.82) is 0 Å². The predicted octanol–water partition coefficient (Wildman–Crippen LogP) is 7.13. The Morgan fingerprint density at radius 1 is 0.847 bits per heavy atom. The van der Waals surface area contributed by atoms with Gasteiger partial charge in [-0.15, -0.1) is 5.10 Å². The molecular weight excluding hydrogens is 757 g/mol. The van der Waals surface area contributed by atoms with E-state index in [4.69, 9.17) is 48.2 Å². The van der Waals surface area contributed by atoms with E-state index >= 15 is 0 Å². The van der Waals surface area contributed by atoms with Gasteiger partial charge in [0.05, 0.1) is 46.9 Å². The van der Waals surface area contributed by atoms with Crippen molar-refractivity contribution in [3.05, 3.63) is 89.2 Å². The average Bonchev–Trinajstić information content (AvgIpc) is 3.62. The number of amides is 1. The van der Waals surface area contributed by atoms with Crippen LogP contribution in [0.4, 0.5) is 10.6 Å². The Bertz CT molecular complexity index is 2060. The number of methoxy groups -OCH3 is 4. The summed E-state index contributed by atoms with van der Waals surface area (Å²) in [7, 11) is 8.18. The van der Waals surface area contributed by atoms with Crippen molar-refractivity contribution in [3.63, 3.8) is 0 Å². The summed E-state index contributed by atoms with van der Waals surface area (Å²) in [5.74, 6) is 3.84. The first-order valence-corrected chi connectivity index (χ1v) is 19.7. The molecule has 1 unspecified atom stereocenters. The van der Waals surface area contributed by atoms with Gasteiger partial charge in [0.2, 0.25) is 0 Å². The molecule has 0 aliphatic carbocycles. The predicted molar refractivity (Wildman–Crippen MR) is 224 cm³/mol. The number of rotatable bonds is 21. The SMILES string of the molecule is CCCC(CCO)Oc1nc(N(Cc2ccc(OC)cc2OC)Cc2ccc(OC)cc2OC)c2ncc(Cc3ccc(OCCN(C)C(=O)OC(C)(C)C)cc3)n2n1. The van der Waals surface area contributed by atoms with E-state index in [1.807, 2.05) is 81.4 Å². The quantitative estimate of drug-likeness (QED) is 0.0801. The Kier molecular flexibility index (Phi) is 15.4. The van der Waals surface area contributed by atoms with Crippen LogP contribution in [0.1, 0.15) is 69.3 Å². The molecule has 15 nitrogen and oxygen atoms in total. The van der Waals surface area contributed by atoms with Crippen molar-refractivity contribution in [2.45, 2.75) is 78.2 Å². The highest BCUT2D eigenvalue weighted by molar-refractivity contribution is 5.68. The van der Waals surface area contributed by atoms with Gasteiger partial charge >= 0.3 is 12.1 Å². The Balaban J connectivity index is 1.51. The number of aliphatic hydroxyl groups excluding tert-OH is 1. The van der Waals surface area contributed by atoms with Crippen molar-refractivity contribution in [3.8, 4) is 34.8 Å². The second-order valence-corrected chi connectivity index (χ2v) is 15.0. The summed E-state index contributed by atoms with van der Waals surface area (Å²) in [6.07, 6.45) is 3.60. The zero-order chi connectivity index (χ0) is 42.5. The zero-order valence-electron chi connectivity index (χ0n) is 35.7. The van der Waals surface area contributed by atoms with Crippen LogP contribution in [0, 0.1) is 0 Å². The third-order valence-electron chi connectivity index (χ3n) is 9.45. The zero-order valence-corrected chi connectivity index (χ0v) is 35.7. The molecule has 59 heavy (non-hydrogen) atoms. The van der Waals surface area contributed by atoms with Gasteiger partial charge in [0.1, 0.15) is 47.1 Å². The lowest BCUT2D eigenvalue weighted by Crippen LogP contribution is -2.36. The molecule has 1 amide bonds. The molecule has 0 aliphatic heterocycles. The highest BCUT2D eigenvalue weighted by Crippen LogP contribution is 2.33. The largest absolute Gasteiger partial charge is 0.497 e. The van der Waals surface area contributed by atoms with E-state index < -0.39 is 11.7 Å². The smallest absolute Gasteiger partial charge is 0.410 e. The highest BCUT2D eigenvalue weighted by Gasteiger charge is 2.25. The minimum atomic E-state index is -0.571. The number of ether oxygens (including phenoxy) is 7. The van der Waals surface area contributed by atoms with Gasteiger partial charge in [-0.2, -0.15) is 4.98 Å². The first kappa shape index (κ1) is 44.1. The fourth-order valence-corrected chi connectivity index (χ4v) is 6.38. The van der Waals surface area contributed by atoms with Crippen molar-refractivity contribution in [2.24, 2.45) is 0 Å². The number of anilines is 1. The standard InChI is InChI=1S/C44H58N6O9/c1-10-11-35(20-22-51)58-42-46-41(49(28-31-14-18-36(53-6)25-38(31)55-8)29-32-15-19-37(54-7)26-39(32)56-9)40-45-27-33(50(40)47-42)24-30-12-16-34(17-13-30)57-23-21-48(5)43(52)59-44(2,3)4/h12-19,25-27,35,51H,10-11,20-24,28-29H2,1-9H3. The fourth-order valence-electron chi connectivity index (χ4n) is 6.38. The van der Waals surface area contributed by atoms with Gasteiger partial charge in [-0.1, -0.05) is 25.5 Å². The van der Waals surface area contributed by atoms with Gasteiger partial charge in [-0.25, -0.2) is 14.3 Å². The molecule has 1 N–H and O–H groups in total. The van der Waals surface area contributed by atoms with Gasteiger partial charge < -0.3 is 48.1 Å². The molecule has 15 heteroatoms. The molecule has 1 atom stereocenters. The number of hydrogen-bond donors (Lipinski definition) is 1. The molecule has 0 fully saturated rings. The van der Waals surface area contributed by atoms with Gasteiger partial charge in [0, 0.05) is 62.8 Å². The molecule has 5 rings (SSSR count). The summed E-state index contributed by atoms with van der Waals surface area (Å²) in [6.45, 7) is 8.95. The summed E-state index contributed by atoms with van der Waals surface area (Å²) in [5, 5.41) is 14.7. The number of carbonyl (C=O) groups is 1. The summed E-state index contributed by atoms with van der Waals surface area (Å²) >= 11 is 0. The molecule has 0 aliphatic rings. The number of nitrogens with zero attached hydrogens (tertiary/aromatic N) is 6. The number of likely N-dealkylation sites (N-methyl/N-ethyl adjacent to an activating group) is 1. The molecule has 5 aromatic rings. The van der Waals surface area contributed by atoms with E-state index in [0.29, 0.717) is 79.3 Å². The van der Waals surface area contributed by atoms with Crippen molar-refractivity contribution in [2.75, 3.05) is 60.1 Å². The number of imidazole rings is 1. The van der Waals surface area contributed by atoms with Gasteiger partial charge in [-0.3, -0.25) is 0 Å². The van der Waals surface area contributed by atoms with Crippen LogP contribution in [0.25, 0.3) is 5.65 Å². The Morgan fingerprint density at radius 3 is 2.00 bits per heavy atom. The van der Waals surface area contributed by atoms with E-state index in [2.05, 4.69) is 11.8 Å². The first-order valence-electron chi connectivity index (χ1n) is 19.7. The number of aliphatic hydroxyl groups is 1. The lowest BCUT2D eigenvalue weighted by atomic mass is 10.1. The maximum Gasteiger partial charge on any atom is 0.410 e. The fraction of sp³-hybridized carbons (Fsp3) is 0.455. The van der Waals surface area contributed by atoms with Crippen molar-refractivity contribution < 1.29 is 43.1 Å². The van der Waals surface area contributed by atoms with Gasteiger partial charge in [0.15, 0.2) is 11.5 Å². The number of fused-ring (bicyclic) bond motifs is 1. The van der Waals surface area contributed by atoms with E-state index in [1.165, 1.54) is 4.90 Å². The summed E-state index contributed by atoms with van der Waals surface area (Å²) in [6, 6.07) is 19.4. The molecule has 0 spiro atoms. The first-order chi connectivity index (χ1) is 28.4. The van der Waals surface area contributed by atoms with Crippen LogP contribution in [0.2, 0.25) is 0 Å². The molecule has 0 saturated carbocycles. The number of carbonyl (C=O) groups excluding carboxylic acids is 1. The van der Waals surface area contributed by atoms with E-state index in [1.54, 1.807) is 46.2 Å². The highest BCUT2D eigenvalue weighted by atomic mass is 16.6. The molecule has 0 bridgehead atoms. The second kappa shape index (κ2) is 20.6. The third-order valence-corrected chi connectivity index (χ3v) is 9.45. The minimum absolute atomic E-state index is 0.0309. The lowest BCUT2D eigenvalue weighted by Gasteiger charge is -2.27.